The zero-order chi connectivity index (χ0) is 29.9. The van der Waals surface area contributed by atoms with E-state index in [2.05, 4.69) is 45.9 Å². The number of fused-ring (bicyclic) bond motifs is 4. The number of halogens is 1. The highest BCUT2D eigenvalue weighted by atomic mass is 19.1. The number of nitrogens with zero attached hydrogens (tertiary/aromatic N) is 5. The minimum absolute atomic E-state index is 0.126. The summed E-state index contributed by atoms with van der Waals surface area (Å²) in [5, 5.41) is 4.17. The van der Waals surface area contributed by atoms with Crippen molar-refractivity contribution in [3.63, 3.8) is 0 Å². The SMILES string of the molecule is Cc1ccc(CCn2cnc3cc(NC(=N[C@H]4C[C@@H]5C[C@H]([C@@H]4C)C5(C)C)N4CCc5nc[nH]c5C4)ccc3c2=O)c(F)c1. The monoisotopic (exact) mass is 581 g/mol. The zero-order valence-electron chi connectivity index (χ0n) is 25.4. The van der Waals surface area contributed by atoms with E-state index in [1.54, 1.807) is 23.3 Å². The summed E-state index contributed by atoms with van der Waals surface area (Å²) in [7, 11) is 0. The molecule has 0 spiro atoms. The van der Waals surface area contributed by atoms with Gasteiger partial charge in [0, 0.05) is 25.2 Å². The van der Waals surface area contributed by atoms with E-state index in [9.17, 15) is 9.18 Å². The first kappa shape index (κ1) is 27.8. The van der Waals surface area contributed by atoms with Crippen LogP contribution in [0.1, 0.15) is 56.1 Å². The fraction of sp³-hybridized carbons (Fsp3) is 0.471. The van der Waals surface area contributed by atoms with Crippen molar-refractivity contribution in [3.8, 4) is 0 Å². The molecule has 2 aromatic heterocycles. The predicted octanol–water partition coefficient (Wildman–Crippen LogP) is 5.71. The van der Waals surface area contributed by atoms with Crippen molar-refractivity contribution in [2.24, 2.45) is 28.2 Å². The molecular weight excluding hydrogens is 541 g/mol. The Hall–Kier alpha value is -4.01. The van der Waals surface area contributed by atoms with Gasteiger partial charge in [0.1, 0.15) is 5.82 Å². The van der Waals surface area contributed by atoms with E-state index < -0.39 is 0 Å². The minimum Gasteiger partial charge on any atom is -0.347 e. The normalized spacial score (nSPS) is 24.5. The van der Waals surface area contributed by atoms with Crippen molar-refractivity contribution in [1.82, 2.24) is 24.4 Å². The average molecular weight is 582 g/mol. The Morgan fingerprint density at radius 3 is 2.84 bits per heavy atom. The van der Waals surface area contributed by atoms with Crippen LogP contribution in [0.15, 0.2) is 58.8 Å². The molecule has 0 radical (unpaired) electrons. The second-order valence-corrected chi connectivity index (χ2v) is 13.4. The van der Waals surface area contributed by atoms with Crippen molar-refractivity contribution in [2.75, 3.05) is 11.9 Å². The molecule has 8 rings (SSSR count). The summed E-state index contributed by atoms with van der Waals surface area (Å²) >= 11 is 0. The van der Waals surface area contributed by atoms with Gasteiger partial charge in [-0.15, -0.1) is 0 Å². The van der Waals surface area contributed by atoms with E-state index in [4.69, 9.17) is 4.99 Å². The molecule has 3 heterocycles. The Balaban J connectivity index is 1.14. The van der Waals surface area contributed by atoms with Crippen molar-refractivity contribution < 1.29 is 4.39 Å². The van der Waals surface area contributed by atoms with Gasteiger partial charge in [0.15, 0.2) is 5.96 Å². The predicted molar refractivity (Wildman–Crippen MR) is 168 cm³/mol. The highest BCUT2D eigenvalue weighted by Gasteiger charge is 2.56. The Bertz CT molecular complexity index is 1770. The molecule has 1 aliphatic heterocycles. The number of aromatic amines is 1. The standard InChI is InChI=1S/C34H40FN7O/c1-20-5-6-22(27(35)13-20)9-11-42-19-38-30-16-24(7-8-25(30)32(42)43)39-33(41-12-10-28-31(17-41)37-18-36-28)40-29-15-23-14-26(21(29)2)34(23,3)4/h5-8,13,16,18-19,21,23,26,29H,9-12,14-15,17H2,1-4H3,(H,36,37)(H,39,40)/t21-,23-,26+,29-/m0/s1. The molecule has 0 saturated heterocycles. The first-order valence-corrected chi connectivity index (χ1v) is 15.5. The van der Waals surface area contributed by atoms with Crippen molar-refractivity contribution in [2.45, 2.75) is 72.5 Å². The third kappa shape index (κ3) is 5.02. The number of aryl methyl sites for hydroxylation is 3. The molecule has 2 N–H and O–H groups in total. The van der Waals surface area contributed by atoms with E-state index in [-0.39, 0.29) is 17.4 Å². The van der Waals surface area contributed by atoms with Gasteiger partial charge < -0.3 is 15.2 Å². The first-order valence-electron chi connectivity index (χ1n) is 15.5. The molecule has 0 amide bonds. The van der Waals surface area contributed by atoms with Gasteiger partial charge in [-0.25, -0.2) is 19.4 Å². The number of anilines is 1. The van der Waals surface area contributed by atoms with E-state index in [1.807, 2.05) is 31.2 Å². The molecule has 9 heteroatoms. The number of hydrogen-bond donors (Lipinski definition) is 2. The van der Waals surface area contributed by atoms with E-state index in [1.165, 1.54) is 12.5 Å². The summed E-state index contributed by atoms with van der Waals surface area (Å²) in [5.74, 6) is 2.57. The molecule has 3 fully saturated rings. The Labute approximate surface area is 251 Å². The number of aromatic nitrogens is 4. The minimum atomic E-state index is -0.240. The Morgan fingerprint density at radius 2 is 2.05 bits per heavy atom. The van der Waals surface area contributed by atoms with Crippen LogP contribution in [0, 0.1) is 35.9 Å². The van der Waals surface area contributed by atoms with Crippen LogP contribution >= 0.6 is 0 Å². The van der Waals surface area contributed by atoms with Crippen LogP contribution in [0.4, 0.5) is 10.1 Å². The lowest BCUT2D eigenvalue weighted by Gasteiger charge is -2.61. The summed E-state index contributed by atoms with van der Waals surface area (Å²) < 4.78 is 15.9. The lowest BCUT2D eigenvalue weighted by molar-refractivity contribution is -0.108. The Morgan fingerprint density at radius 1 is 1.19 bits per heavy atom. The smallest absolute Gasteiger partial charge is 0.261 e. The molecule has 4 atom stereocenters. The molecule has 224 valence electrons. The van der Waals surface area contributed by atoms with Crippen LogP contribution in [0.2, 0.25) is 0 Å². The largest absolute Gasteiger partial charge is 0.347 e. The summed E-state index contributed by atoms with van der Waals surface area (Å²) in [6.45, 7) is 11.0. The van der Waals surface area contributed by atoms with Crippen molar-refractivity contribution in [1.29, 1.82) is 0 Å². The third-order valence-electron chi connectivity index (χ3n) is 10.6. The topological polar surface area (TPSA) is 91.2 Å². The molecular formula is C34H40FN7O. The summed E-state index contributed by atoms with van der Waals surface area (Å²) in [6, 6.07) is 11.2. The van der Waals surface area contributed by atoms with Crippen LogP contribution in [0.5, 0.6) is 0 Å². The number of nitrogens with one attached hydrogen (secondary N) is 2. The van der Waals surface area contributed by atoms with Crippen molar-refractivity contribution in [3.05, 3.63) is 87.7 Å². The quantitative estimate of drug-likeness (QED) is 0.233. The molecule has 0 unspecified atom stereocenters. The van der Waals surface area contributed by atoms with E-state index >= 15 is 0 Å². The number of H-pyrrole nitrogens is 1. The maximum Gasteiger partial charge on any atom is 0.261 e. The maximum absolute atomic E-state index is 14.3. The molecule has 3 saturated carbocycles. The molecule has 8 nitrogen and oxygen atoms in total. The lowest BCUT2D eigenvalue weighted by Crippen LogP contribution is -2.56. The summed E-state index contributed by atoms with van der Waals surface area (Å²) in [5.41, 5.74) is 5.48. The lowest BCUT2D eigenvalue weighted by atomic mass is 9.45. The van der Waals surface area contributed by atoms with Gasteiger partial charge in [0.25, 0.3) is 5.56 Å². The van der Waals surface area contributed by atoms with Crippen LogP contribution in [0.25, 0.3) is 10.9 Å². The fourth-order valence-electron chi connectivity index (χ4n) is 7.66. The Kier molecular flexibility index (Phi) is 6.86. The maximum atomic E-state index is 14.3. The number of hydrogen-bond acceptors (Lipinski definition) is 4. The second kappa shape index (κ2) is 10.6. The number of imidazole rings is 1. The molecule has 4 aromatic rings. The second-order valence-electron chi connectivity index (χ2n) is 13.4. The molecule has 3 aliphatic carbocycles. The molecule has 2 aromatic carbocycles. The van der Waals surface area contributed by atoms with Gasteiger partial charge in [-0.1, -0.05) is 32.9 Å². The van der Waals surface area contributed by atoms with Gasteiger partial charge in [-0.3, -0.25) is 9.36 Å². The highest BCUT2D eigenvalue weighted by molar-refractivity contribution is 5.96. The average Bonchev–Trinajstić information content (AvgIpc) is 3.46. The van der Waals surface area contributed by atoms with Crippen LogP contribution < -0.4 is 10.9 Å². The molecule has 4 aliphatic rings. The number of aliphatic imine (C=N–C) groups is 1. The van der Waals surface area contributed by atoms with Crippen LogP contribution in [0.3, 0.4) is 0 Å². The van der Waals surface area contributed by atoms with Gasteiger partial charge in [0.2, 0.25) is 0 Å². The number of benzene rings is 2. The highest BCUT2D eigenvalue weighted by Crippen LogP contribution is 2.61. The van der Waals surface area contributed by atoms with Crippen LogP contribution in [-0.2, 0) is 25.9 Å². The van der Waals surface area contributed by atoms with Crippen molar-refractivity contribution >= 4 is 22.5 Å². The van der Waals surface area contributed by atoms with Crippen LogP contribution in [-0.4, -0.2) is 43.0 Å². The van der Waals surface area contributed by atoms with Gasteiger partial charge in [-0.05, 0) is 84.7 Å². The van der Waals surface area contributed by atoms with Gasteiger partial charge in [0.05, 0.1) is 47.5 Å². The molecule has 43 heavy (non-hydrogen) atoms. The third-order valence-corrected chi connectivity index (χ3v) is 10.6. The molecule has 2 bridgehead atoms. The zero-order valence-corrected chi connectivity index (χ0v) is 25.4. The number of guanidine groups is 1. The summed E-state index contributed by atoms with van der Waals surface area (Å²) in [6.07, 6.45) is 7.06. The van der Waals surface area contributed by atoms with Gasteiger partial charge in [-0.2, -0.15) is 0 Å². The fourth-order valence-corrected chi connectivity index (χ4v) is 7.66. The first-order chi connectivity index (χ1) is 20.7. The number of rotatable bonds is 5. The van der Waals surface area contributed by atoms with Gasteiger partial charge >= 0.3 is 0 Å². The van der Waals surface area contributed by atoms with E-state index in [0.717, 1.165) is 60.4 Å². The van der Waals surface area contributed by atoms with E-state index in [0.29, 0.717) is 46.7 Å². The summed E-state index contributed by atoms with van der Waals surface area (Å²) in [4.78, 5) is 33.4.